The lowest BCUT2D eigenvalue weighted by Crippen LogP contribution is -2.33. The van der Waals surface area contributed by atoms with Gasteiger partial charge in [0.2, 0.25) is 0 Å². The van der Waals surface area contributed by atoms with E-state index in [1.165, 1.54) is 4.90 Å². The number of imide groups is 1. The minimum absolute atomic E-state index is 0.148. The van der Waals surface area contributed by atoms with Crippen LogP contribution in [0.4, 0.5) is 10.5 Å². The molecule has 23 heavy (non-hydrogen) atoms. The second kappa shape index (κ2) is 5.58. The topological polar surface area (TPSA) is 40.6 Å². The predicted molar refractivity (Wildman–Crippen MR) is 91.6 cm³/mol. The summed E-state index contributed by atoms with van der Waals surface area (Å²) in [5.41, 5.74) is 1.61. The Labute approximate surface area is 143 Å². The first-order valence-electron chi connectivity index (χ1n) is 7.25. The predicted octanol–water partition coefficient (Wildman–Crippen LogP) is 3.92. The SMILES string of the molecule is O=C1[C@@H]2CSC(c3ccc(Cl)cc3)N2C(=O)N1c1ccccc1. The molecule has 0 bridgehead atoms. The van der Waals surface area contributed by atoms with Crippen molar-refractivity contribution in [1.29, 1.82) is 0 Å². The minimum atomic E-state index is -0.395. The summed E-state index contributed by atoms with van der Waals surface area (Å²) < 4.78 is 0. The van der Waals surface area contributed by atoms with Crippen LogP contribution in [-0.2, 0) is 4.79 Å². The van der Waals surface area contributed by atoms with Crippen molar-refractivity contribution in [2.75, 3.05) is 10.7 Å². The molecule has 2 heterocycles. The molecule has 4 rings (SSSR count). The lowest BCUT2D eigenvalue weighted by Gasteiger charge is -2.23. The Morgan fingerprint density at radius 1 is 1.00 bits per heavy atom. The van der Waals surface area contributed by atoms with Crippen LogP contribution in [0.3, 0.4) is 0 Å². The van der Waals surface area contributed by atoms with E-state index < -0.39 is 6.04 Å². The van der Waals surface area contributed by atoms with Gasteiger partial charge in [0, 0.05) is 10.8 Å². The fraction of sp³-hybridized carbons (Fsp3) is 0.176. The molecular weight excluding hydrogens is 332 g/mol. The Balaban J connectivity index is 1.68. The molecule has 6 heteroatoms. The molecule has 2 atom stereocenters. The maximum atomic E-state index is 12.8. The van der Waals surface area contributed by atoms with E-state index in [0.717, 1.165) is 5.56 Å². The summed E-state index contributed by atoms with van der Waals surface area (Å²) in [5, 5.41) is 0.505. The lowest BCUT2D eigenvalue weighted by atomic mass is 10.2. The van der Waals surface area contributed by atoms with Gasteiger partial charge >= 0.3 is 6.03 Å². The average molecular weight is 345 g/mol. The van der Waals surface area contributed by atoms with Gasteiger partial charge in [0.25, 0.3) is 5.91 Å². The normalized spacial score (nSPS) is 23.5. The number of hydrogen-bond donors (Lipinski definition) is 0. The second-order valence-corrected chi connectivity index (χ2v) is 7.00. The Morgan fingerprint density at radius 3 is 2.39 bits per heavy atom. The number of carbonyl (C=O) groups excluding carboxylic acids is 2. The summed E-state index contributed by atoms with van der Waals surface area (Å²) in [6, 6.07) is 15.9. The number of halogens is 1. The van der Waals surface area contributed by atoms with E-state index in [2.05, 4.69) is 0 Å². The Hall–Kier alpha value is -1.98. The van der Waals surface area contributed by atoms with Crippen molar-refractivity contribution in [3.8, 4) is 0 Å². The highest BCUT2D eigenvalue weighted by atomic mass is 35.5. The van der Waals surface area contributed by atoms with E-state index in [-0.39, 0.29) is 17.3 Å². The van der Waals surface area contributed by atoms with Crippen LogP contribution in [0.2, 0.25) is 5.02 Å². The van der Waals surface area contributed by atoms with Gasteiger partial charge < -0.3 is 0 Å². The molecule has 0 radical (unpaired) electrons. The van der Waals surface area contributed by atoms with Gasteiger partial charge in [-0.05, 0) is 29.8 Å². The first-order chi connectivity index (χ1) is 11.2. The van der Waals surface area contributed by atoms with Crippen LogP contribution in [0.25, 0.3) is 0 Å². The quantitative estimate of drug-likeness (QED) is 0.775. The number of hydrogen-bond acceptors (Lipinski definition) is 3. The molecule has 1 unspecified atom stereocenters. The molecule has 4 nitrogen and oxygen atoms in total. The molecule has 0 spiro atoms. The molecule has 2 saturated heterocycles. The van der Waals surface area contributed by atoms with E-state index in [4.69, 9.17) is 11.6 Å². The van der Waals surface area contributed by atoms with Gasteiger partial charge in [-0.3, -0.25) is 9.69 Å². The number of nitrogens with zero attached hydrogens (tertiary/aromatic N) is 2. The number of para-hydroxylation sites is 1. The summed E-state index contributed by atoms with van der Waals surface area (Å²) in [4.78, 5) is 28.5. The number of carbonyl (C=O) groups is 2. The average Bonchev–Trinajstić information content (AvgIpc) is 3.10. The van der Waals surface area contributed by atoms with Crippen LogP contribution in [0.1, 0.15) is 10.9 Å². The third-order valence-electron chi connectivity index (χ3n) is 4.09. The van der Waals surface area contributed by atoms with Gasteiger partial charge in [-0.2, -0.15) is 0 Å². The third-order valence-corrected chi connectivity index (χ3v) is 5.66. The van der Waals surface area contributed by atoms with Crippen molar-refractivity contribution in [3.05, 3.63) is 65.2 Å². The van der Waals surface area contributed by atoms with Crippen LogP contribution in [-0.4, -0.2) is 28.6 Å². The number of amides is 3. The number of anilines is 1. The van der Waals surface area contributed by atoms with Gasteiger partial charge in [-0.1, -0.05) is 41.9 Å². The summed E-state index contributed by atoms with van der Waals surface area (Å²) in [6.45, 7) is 0. The Bertz CT molecular complexity index is 766. The van der Waals surface area contributed by atoms with Crippen molar-refractivity contribution in [1.82, 2.24) is 4.90 Å². The van der Waals surface area contributed by atoms with Gasteiger partial charge in [0.05, 0.1) is 5.69 Å². The molecule has 116 valence electrons. The zero-order chi connectivity index (χ0) is 16.0. The molecule has 2 aromatic rings. The number of urea groups is 1. The van der Waals surface area contributed by atoms with Crippen molar-refractivity contribution in [2.45, 2.75) is 11.4 Å². The van der Waals surface area contributed by atoms with Gasteiger partial charge in [0.1, 0.15) is 11.4 Å². The third kappa shape index (κ3) is 2.31. The molecule has 0 N–H and O–H groups in total. The maximum absolute atomic E-state index is 12.8. The molecule has 3 amide bonds. The first-order valence-corrected chi connectivity index (χ1v) is 8.68. The van der Waals surface area contributed by atoms with E-state index >= 15 is 0 Å². The highest BCUT2D eigenvalue weighted by molar-refractivity contribution is 7.99. The molecule has 2 aliphatic heterocycles. The van der Waals surface area contributed by atoms with Crippen LogP contribution in [0, 0.1) is 0 Å². The Morgan fingerprint density at radius 2 is 1.70 bits per heavy atom. The highest BCUT2D eigenvalue weighted by Crippen LogP contribution is 2.46. The zero-order valence-electron chi connectivity index (χ0n) is 12.1. The minimum Gasteiger partial charge on any atom is -0.295 e. The molecule has 2 aliphatic rings. The van der Waals surface area contributed by atoms with Crippen LogP contribution < -0.4 is 4.90 Å². The van der Waals surface area contributed by atoms with Crippen molar-refractivity contribution < 1.29 is 9.59 Å². The number of benzene rings is 2. The fourth-order valence-corrected chi connectivity index (χ4v) is 4.53. The molecule has 0 aromatic heterocycles. The van der Waals surface area contributed by atoms with Gasteiger partial charge in [-0.15, -0.1) is 11.8 Å². The van der Waals surface area contributed by atoms with Gasteiger partial charge in [0.15, 0.2) is 0 Å². The largest absolute Gasteiger partial charge is 0.333 e. The van der Waals surface area contributed by atoms with Crippen LogP contribution in [0.5, 0.6) is 0 Å². The van der Waals surface area contributed by atoms with E-state index in [1.807, 2.05) is 42.5 Å². The molecule has 0 aliphatic carbocycles. The number of rotatable bonds is 2. The fourth-order valence-electron chi connectivity index (χ4n) is 2.99. The van der Waals surface area contributed by atoms with Crippen LogP contribution >= 0.6 is 23.4 Å². The zero-order valence-corrected chi connectivity index (χ0v) is 13.6. The van der Waals surface area contributed by atoms with Crippen molar-refractivity contribution >= 4 is 41.0 Å². The number of fused-ring (bicyclic) bond motifs is 1. The van der Waals surface area contributed by atoms with E-state index in [1.54, 1.807) is 28.8 Å². The second-order valence-electron chi connectivity index (χ2n) is 5.45. The van der Waals surface area contributed by atoms with Gasteiger partial charge in [-0.25, -0.2) is 9.69 Å². The first kappa shape index (κ1) is 14.6. The Kier molecular flexibility index (Phi) is 3.54. The van der Waals surface area contributed by atoms with E-state index in [9.17, 15) is 9.59 Å². The summed E-state index contributed by atoms with van der Waals surface area (Å²) in [7, 11) is 0. The molecular formula is C17H13ClN2O2S. The van der Waals surface area contributed by atoms with Crippen molar-refractivity contribution in [3.63, 3.8) is 0 Å². The van der Waals surface area contributed by atoms with Crippen molar-refractivity contribution in [2.24, 2.45) is 0 Å². The molecule has 2 aromatic carbocycles. The molecule has 0 saturated carbocycles. The lowest BCUT2D eigenvalue weighted by molar-refractivity contribution is -0.119. The smallest absolute Gasteiger partial charge is 0.295 e. The van der Waals surface area contributed by atoms with E-state index in [0.29, 0.717) is 16.5 Å². The summed E-state index contributed by atoms with van der Waals surface area (Å²) in [5.74, 6) is 0.464. The summed E-state index contributed by atoms with van der Waals surface area (Å²) in [6.07, 6.45) is 0. The number of thioether (sulfide) groups is 1. The highest BCUT2D eigenvalue weighted by Gasteiger charge is 2.53. The maximum Gasteiger partial charge on any atom is 0.333 e. The monoisotopic (exact) mass is 344 g/mol. The molecule has 2 fully saturated rings. The summed E-state index contributed by atoms with van der Waals surface area (Å²) >= 11 is 7.55. The van der Waals surface area contributed by atoms with Crippen LogP contribution in [0.15, 0.2) is 54.6 Å². The standard InChI is InChI=1S/C17H13ClN2O2S/c18-12-8-6-11(7-9-12)16-20-14(10-23-16)15(21)19(17(20)22)13-4-2-1-3-5-13/h1-9,14,16H,10H2/t14-,16?/m0/s1.